The molecule has 0 saturated heterocycles. The molecule has 0 aromatic heterocycles. The summed E-state index contributed by atoms with van der Waals surface area (Å²) in [6.45, 7) is 7.29. The third kappa shape index (κ3) is 7.20. The van der Waals surface area contributed by atoms with E-state index in [-0.39, 0.29) is 5.25 Å². The van der Waals surface area contributed by atoms with Gasteiger partial charge in [0.05, 0.1) is 0 Å². The number of unbranched alkanes of at least 4 members (excludes halogenated alkanes) is 1. The van der Waals surface area contributed by atoms with Crippen LogP contribution in [0.25, 0.3) is 0 Å². The highest BCUT2D eigenvalue weighted by Crippen LogP contribution is 2.00. The lowest BCUT2D eigenvalue weighted by Crippen LogP contribution is -2.34. The first kappa shape index (κ1) is 13.1. The molecule has 0 saturated carbocycles. The maximum Gasteiger partial charge on any atom is 0.0441 e. The van der Waals surface area contributed by atoms with Crippen molar-refractivity contribution in [1.82, 2.24) is 5.32 Å². The molecule has 0 aromatic rings. The highest BCUT2D eigenvalue weighted by atomic mass is 32.2. The summed E-state index contributed by atoms with van der Waals surface area (Å²) >= 11 is 0. The molecule has 1 N–H and O–H groups in total. The first-order chi connectivity index (χ1) is 6.07. The van der Waals surface area contributed by atoms with Gasteiger partial charge in [-0.2, -0.15) is 0 Å². The third-order valence-corrected chi connectivity index (χ3v) is 3.61. The molecule has 0 aliphatic carbocycles. The third-order valence-electron chi connectivity index (χ3n) is 2.31. The van der Waals surface area contributed by atoms with Crippen molar-refractivity contribution in [3.63, 3.8) is 0 Å². The number of hydrogen-bond donors (Lipinski definition) is 1. The van der Waals surface area contributed by atoms with Crippen LogP contribution in [-0.4, -0.2) is 28.3 Å². The zero-order valence-corrected chi connectivity index (χ0v) is 10.1. The highest BCUT2D eigenvalue weighted by Gasteiger charge is 2.07. The van der Waals surface area contributed by atoms with E-state index >= 15 is 0 Å². The molecule has 0 amide bonds. The Hall–Kier alpha value is 0.110. The van der Waals surface area contributed by atoms with Gasteiger partial charge in [-0.15, -0.1) is 0 Å². The first-order valence-corrected chi connectivity index (χ1v) is 6.75. The Bertz CT molecular complexity index is 150. The molecule has 0 fully saturated rings. The molecule has 0 heterocycles. The number of hydrogen-bond acceptors (Lipinski definition) is 2. The van der Waals surface area contributed by atoms with Crippen molar-refractivity contribution in [2.75, 3.05) is 12.8 Å². The molecular formula is C10H23NOS. The molecule has 2 nitrogen and oxygen atoms in total. The van der Waals surface area contributed by atoms with Crippen molar-refractivity contribution in [3.05, 3.63) is 0 Å². The lowest BCUT2D eigenvalue weighted by Gasteiger charge is -2.15. The van der Waals surface area contributed by atoms with Crippen molar-refractivity contribution in [2.45, 2.75) is 51.3 Å². The summed E-state index contributed by atoms with van der Waals surface area (Å²) in [6, 6.07) is 0.561. The molecule has 13 heavy (non-hydrogen) atoms. The lowest BCUT2D eigenvalue weighted by molar-refractivity contribution is 0.496. The summed E-state index contributed by atoms with van der Waals surface area (Å²) in [5.74, 6) is 0. The van der Waals surface area contributed by atoms with Crippen molar-refractivity contribution in [1.29, 1.82) is 0 Å². The topological polar surface area (TPSA) is 29.1 Å². The fourth-order valence-electron chi connectivity index (χ4n) is 1.10. The lowest BCUT2D eigenvalue weighted by atomic mass is 10.1. The second kappa shape index (κ2) is 7.51. The second-order valence-corrected chi connectivity index (χ2v) is 5.56. The van der Waals surface area contributed by atoms with Gasteiger partial charge in [-0.1, -0.05) is 19.8 Å². The Kier molecular flexibility index (Phi) is 7.57. The van der Waals surface area contributed by atoms with E-state index in [2.05, 4.69) is 19.2 Å². The Balaban J connectivity index is 3.45. The van der Waals surface area contributed by atoms with Gasteiger partial charge in [0, 0.05) is 34.9 Å². The summed E-state index contributed by atoms with van der Waals surface area (Å²) in [5, 5.41) is 3.67. The van der Waals surface area contributed by atoms with Crippen molar-refractivity contribution in [2.24, 2.45) is 0 Å². The second-order valence-electron chi connectivity index (χ2n) is 3.76. The number of rotatable bonds is 7. The molecule has 3 heteroatoms. The molecule has 3 unspecified atom stereocenters. The van der Waals surface area contributed by atoms with Crippen LogP contribution in [0, 0.1) is 0 Å². The largest absolute Gasteiger partial charge is 0.313 e. The average Bonchev–Trinajstić information content (AvgIpc) is 2.10. The van der Waals surface area contributed by atoms with Crippen LogP contribution in [0.4, 0.5) is 0 Å². The standard InChI is InChI=1S/C10H23NOS/c1-5-6-7-9(2)11-8-10(3)13(4)12/h9-11H,5-8H2,1-4H3. The van der Waals surface area contributed by atoms with E-state index in [1.807, 2.05) is 6.92 Å². The first-order valence-electron chi connectivity index (χ1n) is 5.13. The zero-order chi connectivity index (χ0) is 10.3. The maximum absolute atomic E-state index is 11.0. The van der Waals surface area contributed by atoms with Gasteiger partial charge in [0.25, 0.3) is 0 Å². The van der Waals surface area contributed by atoms with Gasteiger partial charge in [0.2, 0.25) is 0 Å². The smallest absolute Gasteiger partial charge is 0.0441 e. The van der Waals surface area contributed by atoms with Crippen molar-refractivity contribution < 1.29 is 4.21 Å². The van der Waals surface area contributed by atoms with Crippen molar-refractivity contribution >= 4 is 10.8 Å². The zero-order valence-electron chi connectivity index (χ0n) is 9.30. The molecule has 80 valence electrons. The Morgan fingerprint density at radius 2 is 2.00 bits per heavy atom. The van der Waals surface area contributed by atoms with Crippen LogP contribution in [0.1, 0.15) is 40.0 Å². The quantitative estimate of drug-likeness (QED) is 0.688. The van der Waals surface area contributed by atoms with Crippen LogP contribution in [0.2, 0.25) is 0 Å². The van der Waals surface area contributed by atoms with E-state index in [9.17, 15) is 4.21 Å². The Morgan fingerprint density at radius 1 is 1.38 bits per heavy atom. The van der Waals surface area contributed by atoms with Crippen LogP contribution >= 0.6 is 0 Å². The van der Waals surface area contributed by atoms with Crippen LogP contribution in [-0.2, 0) is 10.8 Å². The minimum Gasteiger partial charge on any atom is -0.313 e. The van der Waals surface area contributed by atoms with Gasteiger partial charge in [-0.05, 0) is 20.3 Å². The van der Waals surface area contributed by atoms with E-state index in [1.165, 1.54) is 19.3 Å². The van der Waals surface area contributed by atoms with E-state index in [0.717, 1.165) is 6.54 Å². The predicted molar refractivity (Wildman–Crippen MR) is 60.5 cm³/mol. The van der Waals surface area contributed by atoms with Crippen molar-refractivity contribution in [3.8, 4) is 0 Å². The molecule has 0 aromatic carbocycles. The summed E-state index contributed by atoms with van der Waals surface area (Å²) in [4.78, 5) is 0. The van der Waals surface area contributed by atoms with E-state index in [1.54, 1.807) is 6.26 Å². The molecule has 0 bridgehead atoms. The van der Waals surface area contributed by atoms with Gasteiger partial charge in [-0.25, -0.2) is 0 Å². The summed E-state index contributed by atoms with van der Waals surface area (Å²) in [7, 11) is -0.695. The monoisotopic (exact) mass is 205 g/mol. The molecular weight excluding hydrogens is 182 g/mol. The number of nitrogens with one attached hydrogen (secondary N) is 1. The molecule has 0 aliphatic heterocycles. The molecule has 0 spiro atoms. The maximum atomic E-state index is 11.0. The Labute approximate surface area is 84.9 Å². The average molecular weight is 205 g/mol. The molecule has 0 radical (unpaired) electrons. The minimum absolute atomic E-state index is 0.268. The normalized spacial score (nSPS) is 18.2. The predicted octanol–water partition coefficient (Wildman–Crippen LogP) is 1.92. The van der Waals surface area contributed by atoms with E-state index < -0.39 is 10.8 Å². The van der Waals surface area contributed by atoms with Gasteiger partial charge in [-0.3, -0.25) is 4.21 Å². The molecule has 0 rings (SSSR count). The van der Waals surface area contributed by atoms with Crippen LogP contribution in [0.5, 0.6) is 0 Å². The van der Waals surface area contributed by atoms with E-state index in [0.29, 0.717) is 6.04 Å². The molecule has 3 atom stereocenters. The highest BCUT2D eigenvalue weighted by molar-refractivity contribution is 7.84. The van der Waals surface area contributed by atoms with Crippen LogP contribution in [0.15, 0.2) is 0 Å². The fourth-order valence-corrected chi connectivity index (χ4v) is 1.43. The van der Waals surface area contributed by atoms with Crippen LogP contribution in [0.3, 0.4) is 0 Å². The SMILES string of the molecule is CCCCC(C)NCC(C)S(C)=O. The fraction of sp³-hybridized carbons (Fsp3) is 1.00. The molecule has 0 aliphatic rings. The minimum atomic E-state index is -0.695. The Morgan fingerprint density at radius 3 is 2.46 bits per heavy atom. The van der Waals surface area contributed by atoms with Gasteiger partial charge >= 0.3 is 0 Å². The van der Waals surface area contributed by atoms with Crippen LogP contribution < -0.4 is 5.32 Å². The van der Waals surface area contributed by atoms with Gasteiger partial charge in [0.15, 0.2) is 0 Å². The summed E-state index contributed by atoms with van der Waals surface area (Å²) in [5.41, 5.74) is 0. The van der Waals surface area contributed by atoms with Gasteiger partial charge < -0.3 is 5.32 Å². The van der Waals surface area contributed by atoms with Gasteiger partial charge in [0.1, 0.15) is 0 Å². The van der Waals surface area contributed by atoms with E-state index in [4.69, 9.17) is 0 Å². The summed E-state index contributed by atoms with van der Waals surface area (Å²) in [6.07, 6.45) is 5.52. The summed E-state index contributed by atoms with van der Waals surface area (Å²) < 4.78 is 11.0.